The van der Waals surface area contributed by atoms with Crippen molar-refractivity contribution < 1.29 is 0 Å². The van der Waals surface area contributed by atoms with Crippen LogP contribution >= 0.6 is 0 Å². The van der Waals surface area contributed by atoms with Crippen molar-refractivity contribution in [3.8, 4) is 68.2 Å². The summed E-state index contributed by atoms with van der Waals surface area (Å²) in [6, 6.07) is 58.8. The maximum atomic E-state index is 10.1. The third-order valence-electron chi connectivity index (χ3n) is 9.84. The summed E-state index contributed by atoms with van der Waals surface area (Å²) in [4.78, 5) is 15.1. The Bertz CT molecular complexity index is 2670. The van der Waals surface area contributed by atoms with Gasteiger partial charge < -0.3 is 4.57 Å². The average Bonchev–Trinajstić information content (AvgIpc) is 3.54. The number of hydrogen-bond donors (Lipinski definition) is 0. The predicted octanol–water partition coefficient (Wildman–Crippen LogP) is 11.8. The molecule has 0 bridgehead atoms. The molecule has 250 valence electrons. The lowest BCUT2D eigenvalue weighted by molar-refractivity contribution is 1.06. The van der Waals surface area contributed by atoms with E-state index in [4.69, 9.17) is 15.0 Å². The second-order valence-corrected chi connectivity index (χ2v) is 13.4. The molecule has 5 nitrogen and oxygen atoms in total. The number of rotatable bonds is 6. The van der Waals surface area contributed by atoms with E-state index in [1.54, 1.807) is 0 Å². The van der Waals surface area contributed by atoms with Crippen LogP contribution in [0.1, 0.15) is 16.7 Å². The van der Waals surface area contributed by atoms with Crippen LogP contribution in [0.3, 0.4) is 0 Å². The van der Waals surface area contributed by atoms with E-state index in [2.05, 4.69) is 109 Å². The van der Waals surface area contributed by atoms with Gasteiger partial charge in [0.1, 0.15) is 0 Å². The summed E-state index contributed by atoms with van der Waals surface area (Å²) in [5.41, 5.74) is 13.1. The third-order valence-corrected chi connectivity index (χ3v) is 9.84. The predicted molar refractivity (Wildman–Crippen MR) is 216 cm³/mol. The van der Waals surface area contributed by atoms with Gasteiger partial charge in [0, 0.05) is 27.5 Å². The van der Waals surface area contributed by atoms with E-state index in [-0.39, 0.29) is 0 Å². The molecular weight excluding hydrogens is 647 g/mol. The Morgan fingerprint density at radius 1 is 0.434 bits per heavy atom. The molecule has 0 aliphatic heterocycles. The lowest BCUT2D eigenvalue weighted by Gasteiger charge is -2.15. The molecule has 0 N–H and O–H groups in total. The van der Waals surface area contributed by atoms with E-state index in [0.29, 0.717) is 23.0 Å². The van der Waals surface area contributed by atoms with Crippen LogP contribution in [0.25, 0.3) is 83.9 Å². The molecule has 0 aliphatic rings. The quantitative estimate of drug-likeness (QED) is 0.175. The van der Waals surface area contributed by atoms with Crippen LogP contribution < -0.4 is 0 Å². The number of aryl methyl sites for hydroxylation is 2. The van der Waals surface area contributed by atoms with Crippen LogP contribution in [-0.4, -0.2) is 19.5 Å². The SMILES string of the molecule is Cc1ccc(-c2ccc3c(c2)c2cc(-c4ccc(C)cc4)ccc2n3-c2ccc(C#N)cc2-c2nc(-c3ccccc3)nc(-c3ccccc3)n2)cc1. The first kappa shape index (κ1) is 31.8. The molecule has 0 unspecified atom stereocenters. The highest BCUT2D eigenvalue weighted by atomic mass is 15.1. The second kappa shape index (κ2) is 13.2. The van der Waals surface area contributed by atoms with E-state index < -0.39 is 0 Å². The molecule has 2 aromatic heterocycles. The first-order valence-electron chi connectivity index (χ1n) is 17.7. The fourth-order valence-electron chi connectivity index (χ4n) is 7.04. The highest BCUT2D eigenvalue weighted by molar-refractivity contribution is 6.12. The van der Waals surface area contributed by atoms with Gasteiger partial charge in [-0.05, 0) is 78.6 Å². The van der Waals surface area contributed by atoms with Gasteiger partial charge in [0.2, 0.25) is 0 Å². The van der Waals surface area contributed by atoms with Gasteiger partial charge in [-0.15, -0.1) is 0 Å². The Balaban J connectivity index is 1.32. The molecule has 0 saturated carbocycles. The Morgan fingerprint density at radius 3 is 1.36 bits per heavy atom. The van der Waals surface area contributed by atoms with Gasteiger partial charge in [-0.25, -0.2) is 15.0 Å². The fourth-order valence-corrected chi connectivity index (χ4v) is 7.04. The van der Waals surface area contributed by atoms with E-state index in [1.807, 2.05) is 78.9 Å². The molecule has 9 rings (SSSR count). The minimum Gasteiger partial charge on any atom is -0.308 e. The smallest absolute Gasteiger partial charge is 0.166 e. The van der Waals surface area contributed by atoms with Crippen molar-refractivity contribution in [3.05, 3.63) is 180 Å². The zero-order valence-corrected chi connectivity index (χ0v) is 29.3. The first-order valence-corrected chi connectivity index (χ1v) is 17.7. The van der Waals surface area contributed by atoms with Crippen molar-refractivity contribution in [2.45, 2.75) is 13.8 Å². The summed E-state index contributed by atoms with van der Waals surface area (Å²) in [6.45, 7) is 4.22. The summed E-state index contributed by atoms with van der Waals surface area (Å²) >= 11 is 0. The van der Waals surface area contributed by atoms with Crippen LogP contribution in [0.5, 0.6) is 0 Å². The van der Waals surface area contributed by atoms with Crippen molar-refractivity contribution in [2.24, 2.45) is 0 Å². The van der Waals surface area contributed by atoms with Gasteiger partial charge in [-0.1, -0.05) is 132 Å². The summed E-state index contributed by atoms with van der Waals surface area (Å²) in [5, 5.41) is 12.4. The molecule has 5 heteroatoms. The van der Waals surface area contributed by atoms with Gasteiger partial charge in [0.25, 0.3) is 0 Å². The molecule has 0 saturated heterocycles. The first-order chi connectivity index (χ1) is 26.0. The second-order valence-electron chi connectivity index (χ2n) is 13.4. The van der Waals surface area contributed by atoms with Crippen molar-refractivity contribution in [1.29, 1.82) is 5.26 Å². The summed E-state index contributed by atoms with van der Waals surface area (Å²) in [7, 11) is 0. The van der Waals surface area contributed by atoms with E-state index in [1.165, 1.54) is 22.3 Å². The minimum absolute atomic E-state index is 0.493. The van der Waals surface area contributed by atoms with Gasteiger partial charge in [0.15, 0.2) is 17.5 Å². The maximum absolute atomic E-state index is 10.1. The normalized spacial score (nSPS) is 11.2. The molecule has 0 spiro atoms. The Labute approximate surface area is 308 Å². The molecule has 2 heterocycles. The van der Waals surface area contributed by atoms with Crippen molar-refractivity contribution >= 4 is 21.8 Å². The Hall–Kier alpha value is -7.16. The number of nitriles is 1. The Morgan fingerprint density at radius 2 is 0.887 bits per heavy atom. The molecule has 0 aliphatic carbocycles. The molecule has 0 atom stereocenters. The van der Waals surface area contributed by atoms with Crippen LogP contribution in [0, 0.1) is 25.2 Å². The average molecular weight is 680 g/mol. The van der Waals surface area contributed by atoms with Gasteiger partial charge in [-0.2, -0.15) is 5.26 Å². The molecule has 9 aromatic rings. The van der Waals surface area contributed by atoms with Crippen LogP contribution in [0.15, 0.2) is 164 Å². The van der Waals surface area contributed by atoms with E-state index >= 15 is 0 Å². The van der Waals surface area contributed by atoms with Crippen molar-refractivity contribution in [2.75, 3.05) is 0 Å². The summed E-state index contributed by atoms with van der Waals surface area (Å²) in [6.07, 6.45) is 0. The molecule has 0 radical (unpaired) electrons. The van der Waals surface area contributed by atoms with Gasteiger partial charge >= 0.3 is 0 Å². The third kappa shape index (κ3) is 5.93. The highest BCUT2D eigenvalue weighted by Gasteiger charge is 2.21. The molecule has 0 fully saturated rings. The fraction of sp³-hybridized carbons (Fsp3) is 0.0417. The largest absolute Gasteiger partial charge is 0.308 e. The van der Waals surface area contributed by atoms with Crippen LogP contribution in [-0.2, 0) is 0 Å². The van der Waals surface area contributed by atoms with Crippen molar-refractivity contribution in [1.82, 2.24) is 19.5 Å². The number of nitrogens with zero attached hydrogens (tertiary/aromatic N) is 5. The topological polar surface area (TPSA) is 67.4 Å². The lowest BCUT2D eigenvalue weighted by atomic mass is 9.99. The molecular formula is C48H33N5. The molecule has 0 amide bonds. The van der Waals surface area contributed by atoms with Crippen molar-refractivity contribution in [3.63, 3.8) is 0 Å². The minimum atomic E-state index is 0.493. The lowest BCUT2D eigenvalue weighted by Crippen LogP contribution is -2.04. The van der Waals surface area contributed by atoms with Crippen LogP contribution in [0.4, 0.5) is 0 Å². The van der Waals surface area contributed by atoms with E-state index in [9.17, 15) is 5.26 Å². The van der Waals surface area contributed by atoms with Crippen LogP contribution in [0.2, 0.25) is 0 Å². The summed E-state index contributed by atoms with van der Waals surface area (Å²) in [5.74, 6) is 1.62. The number of benzene rings is 7. The zero-order chi connectivity index (χ0) is 35.9. The monoisotopic (exact) mass is 679 g/mol. The molecule has 53 heavy (non-hydrogen) atoms. The number of hydrogen-bond acceptors (Lipinski definition) is 4. The van der Waals surface area contributed by atoms with Gasteiger partial charge in [-0.3, -0.25) is 0 Å². The summed E-state index contributed by atoms with van der Waals surface area (Å²) < 4.78 is 2.28. The standard InChI is InChI=1S/C48H33N5/c1-31-13-18-34(19-14-31)38-22-25-43-40(28-38)41-29-39(35-20-15-32(2)16-21-35)23-26-44(41)53(43)45-24-17-33(30-49)27-42(45)48-51-46(36-9-5-3-6-10-36)50-47(52-48)37-11-7-4-8-12-37/h3-29H,1-2H3. The Kier molecular flexibility index (Phi) is 7.91. The van der Waals surface area contributed by atoms with Gasteiger partial charge in [0.05, 0.1) is 28.4 Å². The molecule has 7 aromatic carbocycles. The number of fused-ring (bicyclic) bond motifs is 3. The van der Waals surface area contributed by atoms with E-state index in [0.717, 1.165) is 55.3 Å². The maximum Gasteiger partial charge on any atom is 0.166 e. The zero-order valence-electron chi connectivity index (χ0n) is 29.3. The number of aromatic nitrogens is 4. The highest BCUT2D eigenvalue weighted by Crippen LogP contribution is 2.40.